The van der Waals surface area contributed by atoms with Crippen LogP contribution in [0.3, 0.4) is 0 Å². The second-order valence-corrected chi connectivity index (χ2v) is 11.8. The van der Waals surface area contributed by atoms with Crippen LogP contribution in [0.5, 0.6) is 5.75 Å². The molecular formula is C30H34ClN3O6. The van der Waals surface area contributed by atoms with Crippen LogP contribution in [-0.2, 0) is 14.3 Å². The molecule has 4 fully saturated rings. The van der Waals surface area contributed by atoms with Gasteiger partial charge < -0.3 is 19.9 Å². The number of benzene rings is 1. The monoisotopic (exact) mass is 567 g/mol. The summed E-state index contributed by atoms with van der Waals surface area (Å²) >= 11 is 6.21. The third kappa shape index (κ3) is 5.35. The lowest BCUT2D eigenvalue weighted by Gasteiger charge is -2.51. The van der Waals surface area contributed by atoms with Crippen LogP contribution in [0.2, 0.25) is 5.02 Å². The van der Waals surface area contributed by atoms with Crippen molar-refractivity contribution in [3.05, 3.63) is 51.4 Å². The van der Waals surface area contributed by atoms with E-state index in [2.05, 4.69) is 11.4 Å². The van der Waals surface area contributed by atoms with Gasteiger partial charge in [-0.15, -0.1) is 0 Å². The zero-order valence-corrected chi connectivity index (χ0v) is 23.3. The third-order valence-corrected chi connectivity index (χ3v) is 9.38. The van der Waals surface area contributed by atoms with Crippen LogP contribution in [0.25, 0.3) is 11.1 Å². The molecule has 4 aliphatic rings. The molecule has 2 heterocycles. The number of nitriles is 1. The number of nitrogens with zero attached hydrogens (tertiary/aromatic N) is 2. The Balaban J connectivity index is 1.49. The Morgan fingerprint density at radius 1 is 1.20 bits per heavy atom. The fourth-order valence-corrected chi connectivity index (χ4v) is 6.78. The number of ether oxygens (including phenoxy) is 2. The van der Waals surface area contributed by atoms with Gasteiger partial charge in [0.15, 0.2) is 0 Å². The minimum atomic E-state index is -0.851. The Hall–Kier alpha value is -3.35. The third-order valence-electron chi connectivity index (χ3n) is 9.14. The maximum absolute atomic E-state index is 14.0. The van der Waals surface area contributed by atoms with Crippen LogP contribution in [0.15, 0.2) is 35.3 Å². The molecule has 1 saturated heterocycles. The largest absolute Gasteiger partial charge is 0.495 e. The Morgan fingerprint density at radius 3 is 2.52 bits per heavy atom. The molecule has 9 nitrogen and oxygen atoms in total. The fraction of sp³-hybridized carbons (Fsp3) is 0.533. The van der Waals surface area contributed by atoms with E-state index in [1.54, 1.807) is 18.2 Å². The van der Waals surface area contributed by atoms with Gasteiger partial charge in [0.05, 0.1) is 36.5 Å². The summed E-state index contributed by atoms with van der Waals surface area (Å²) in [4.78, 5) is 39.5. The van der Waals surface area contributed by atoms with Crippen molar-refractivity contribution in [1.29, 1.82) is 5.26 Å². The molecule has 1 amide bonds. The van der Waals surface area contributed by atoms with Gasteiger partial charge in [0.25, 0.3) is 5.56 Å². The number of pyridine rings is 1. The fourth-order valence-electron chi connectivity index (χ4n) is 6.61. The minimum absolute atomic E-state index is 0.171. The van der Waals surface area contributed by atoms with Gasteiger partial charge in [-0.05, 0) is 76.0 Å². The molecular weight excluding hydrogens is 534 g/mol. The summed E-state index contributed by atoms with van der Waals surface area (Å²) < 4.78 is 13.0. The van der Waals surface area contributed by atoms with Gasteiger partial charge in [-0.25, -0.2) is 0 Å². The number of rotatable bonds is 8. The minimum Gasteiger partial charge on any atom is -0.495 e. The van der Waals surface area contributed by atoms with Gasteiger partial charge in [-0.1, -0.05) is 11.6 Å². The zero-order chi connectivity index (χ0) is 28.5. The van der Waals surface area contributed by atoms with Crippen molar-refractivity contribution in [3.63, 3.8) is 0 Å². The van der Waals surface area contributed by atoms with E-state index >= 15 is 0 Å². The number of carbonyl (C=O) groups excluding carboxylic acids is 1. The van der Waals surface area contributed by atoms with E-state index in [4.69, 9.17) is 21.1 Å². The SMILES string of the molecule is COc1cn(C(C[C@@H]2CCCCO2)C(=O)NC23CCC(C(=O)O)(CC2)CC3)c(=O)cc1-c1cc(Cl)ccc1C#N. The van der Waals surface area contributed by atoms with E-state index in [0.29, 0.717) is 79.0 Å². The lowest BCUT2D eigenvalue weighted by Crippen LogP contribution is -2.59. The second-order valence-electron chi connectivity index (χ2n) is 11.4. The van der Waals surface area contributed by atoms with Gasteiger partial charge in [0.1, 0.15) is 11.8 Å². The zero-order valence-electron chi connectivity index (χ0n) is 22.6. The summed E-state index contributed by atoms with van der Waals surface area (Å²) in [6.07, 6.45) is 7.82. The first-order valence-corrected chi connectivity index (χ1v) is 14.2. The molecule has 40 heavy (non-hydrogen) atoms. The van der Waals surface area contributed by atoms with Crippen LogP contribution in [0, 0.1) is 16.7 Å². The molecule has 3 aliphatic carbocycles. The Morgan fingerprint density at radius 2 is 1.93 bits per heavy atom. The first-order valence-electron chi connectivity index (χ1n) is 13.9. The molecule has 6 rings (SSSR count). The molecule has 2 bridgehead atoms. The topological polar surface area (TPSA) is 131 Å². The first-order chi connectivity index (χ1) is 19.2. The highest BCUT2D eigenvalue weighted by Crippen LogP contribution is 2.52. The van der Waals surface area contributed by atoms with Crippen LogP contribution in [-0.4, -0.2) is 46.9 Å². The second kappa shape index (κ2) is 11.3. The highest BCUT2D eigenvalue weighted by Gasteiger charge is 2.53. The summed E-state index contributed by atoms with van der Waals surface area (Å²) in [5, 5.41) is 23.1. The van der Waals surface area contributed by atoms with Gasteiger partial charge >= 0.3 is 5.97 Å². The summed E-state index contributed by atoms with van der Waals surface area (Å²) in [6.45, 7) is 0.614. The quantitative estimate of drug-likeness (QED) is 0.466. The van der Waals surface area contributed by atoms with E-state index in [-0.39, 0.29) is 12.0 Å². The molecule has 1 unspecified atom stereocenters. The van der Waals surface area contributed by atoms with Gasteiger partial charge in [0.2, 0.25) is 5.91 Å². The highest BCUT2D eigenvalue weighted by molar-refractivity contribution is 6.31. The van der Waals surface area contributed by atoms with E-state index < -0.39 is 28.5 Å². The number of nitrogens with one attached hydrogen (secondary N) is 1. The highest BCUT2D eigenvalue weighted by atomic mass is 35.5. The number of carbonyl (C=O) groups is 2. The van der Waals surface area contributed by atoms with Crippen LogP contribution >= 0.6 is 11.6 Å². The molecule has 0 spiro atoms. The molecule has 2 atom stereocenters. The predicted octanol–water partition coefficient (Wildman–Crippen LogP) is 4.84. The van der Waals surface area contributed by atoms with Crippen molar-refractivity contribution in [2.75, 3.05) is 13.7 Å². The number of aromatic nitrogens is 1. The molecule has 1 aliphatic heterocycles. The lowest BCUT2D eigenvalue weighted by atomic mass is 9.57. The molecule has 10 heteroatoms. The average molecular weight is 568 g/mol. The van der Waals surface area contributed by atoms with Crippen molar-refractivity contribution >= 4 is 23.5 Å². The summed E-state index contributed by atoms with van der Waals surface area (Å²) in [5.74, 6) is -0.700. The van der Waals surface area contributed by atoms with Gasteiger partial charge in [-0.2, -0.15) is 5.26 Å². The molecule has 2 N–H and O–H groups in total. The molecule has 3 saturated carbocycles. The number of carboxylic acid groups (broad SMARTS) is 1. The van der Waals surface area contributed by atoms with Crippen LogP contribution in [0.1, 0.15) is 75.8 Å². The number of fused-ring (bicyclic) bond motifs is 3. The standard InChI is InChI=1S/C30H34ClN3O6/c1-39-25-18-34(26(35)16-23(25)22-14-20(31)6-5-19(22)17-32)24(15-21-4-2-3-13-40-21)27(36)33-30-10-7-29(8-11-30,9-12-30)28(37)38/h5-6,14,16,18,21,24H,2-4,7-13,15H2,1H3,(H,33,36)(H,37,38)/t21-,24?,29?,30?/m0/s1. The Kier molecular flexibility index (Phi) is 7.94. The van der Waals surface area contributed by atoms with Crippen LogP contribution < -0.4 is 15.6 Å². The normalized spacial score (nSPS) is 26.5. The van der Waals surface area contributed by atoms with Crippen molar-refractivity contribution < 1.29 is 24.2 Å². The maximum Gasteiger partial charge on any atom is 0.309 e. The molecule has 1 aromatic carbocycles. The maximum atomic E-state index is 14.0. The van der Waals surface area contributed by atoms with Crippen molar-refractivity contribution in [2.45, 2.75) is 81.9 Å². The lowest BCUT2D eigenvalue weighted by molar-refractivity contribution is -0.157. The number of halogens is 1. The van der Waals surface area contributed by atoms with Crippen LogP contribution in [0.4, 0.5) is 0 Å². The number of amides is 1. The molecule has 2 aromatic rings. The van der Waals surface area contributed by atoms with E-state index in [1.807, 2.05) is 0 Å². The summed E-state index contributed by atoms with van der Waals surface area (Å²) in [7, 11) is 1.47. The van der Waals surface area contributed by atoms with Gasteiger partial charge in [0, 0.05) is 40.8 Å². The Labute approximate surface area is 238 Å². The summed E-state index contributed by atoms with van der Waals surface area (Å²) in [6, 6.07) is 7.48. The van der Waals surface area contributed by atoms with Gasteiger partial charge in [-0.3, -0.25) is 19.0 Å². The number of hydrogen-bond acceptors (Lipinski definition) is 6. The van der Waals surface area contributed by atoms with E-state index in [9.17, 15) is 24.8 Å². The van der Waals surface area contributed by atoms with E-state index in [0.717, 1.165) is 19.3 Å². The summed E-state index contributed by atoms with van der Waals surface area (Å²) in [5.41, 5.74) is -0.348. The predicted molar refractivity (Wildman–Crippen MR) is 148 cm³/mol. The van der Waals surface area contributed by atoms with Crippen molar-refractivity contribution in [3.8, 4) is 22.9 Å². The number of hydrogen-bond donors (Lipinski definition) is 2. The Bertz CT molecular complexity index is 1380. The first kappa shape index (κ1) is 28.2. The number of methoxy groups -OCH3 is 1. The molecule has 1 aromatic heterocycles. The number of carboxylic acids is 1. The smallest absolute Gasteiger partial charge is 0.309 e. The number of aliphatic carboxylic acids is 1. The van der Waals surface area contributed by atoms with Crippen molar-refractivity contribution in [2.24, 2.45) is 5.41 Å². The van der Waals surface area contributed by atoms with E-state index in [1.165, 1.54) is 23.9 Å². The van der Waals surface area contributed by atoms with Crippen molar-refractivity contribution in [1.82, 2.24) is 9.88 Å². The molecule has 212 valence electrons. The average Bonchev–Trinajstić information content (AvgIpc) is 2.97. The molecule has 0 radical (unpaired) electrons.